The Morgan fingerprint density at radius 2 is 1.86 bits per heavy atom. The number of carbonyl (C=O) groups excluding carboxylic acids is 1. The summed E-state index contributed by atoms with van der Waals surface area (Å²) in [6, 6.07) is 0. The van der Waals surface area contributed by atoms with Gasteiger partial charge in [-0.1, -0.05) is 39.3 Å². The highest BCUT2D eigenvalue weighted by atomic mass is 16.5. The molecular weight excluding hydrogens is 376 g/mol. The molecule has 0 saturated heterocycles. The van der Waals surface area contributed by atoms with Gasteiger partial charge in [0.2, 0.25) is 0 Å². The summed E-state index contributed by atoms with van der Waals surface area (Å²) in [5.74, 6) is -4.51. The topological polar surface area (TPSA) is 110 Å². The molecule has 7 heteroatoms. The highest BCUT2D eigenvalue weighted by Gasteiger charge is 2.53. The SMILES string of the molecule is C=C1CCC2C(C)(C)CCC[C@]2(C)[C@H]1CO[C@@H](C(=O)O)[C@H](CC(=O)O)C(=O)OC. The summed E-state index contributed by atoms with van der Waals surface area (Å²) in [5.41, 5.74) is 1.17. The zero-order chi connectivity index (χ0) is 22.0. The first-order valence-corrected chi connectivity index (χ1v) is 10.3. The van der Waals surface area contributed by atoms with E-state index in [1.54, 1.807) is 0 Å². The minimum atomic E-state index is -1.58. The van der Waals surface area contributed by atoms with Gasteiger partial charge in [-0.05, 0) is 42.4 Å². The van der Waals surface area contributed by atoms with Crippen molar-refractivity contribution in [2.45, 2.75) is 65.4 Å². The van der Waals surface area contributed by atoms with Crippen LogP contribution in [0.25, 0.3) is 0 Å². The minimum absolute atomic E-state index is 0.0363. The van der Waals surface area contributed by atoms with Crippen molar-refractivity contribution in [3.8, 4) is 0 Å². The fourth-order valence-electron chi connectivity index (χ4n) is 5.79. The number of methoxy groups -OCH3 is 1. The number of hydrogen-bond acceptors (Lipinski definition) is 5. The first-order valence-electron chi connectivity index (χ1n) is 10.3. The van der Waals surface area contributed by atoms with E-state index in [0.717, 1.165) is 44.8 Å². The van der Waals surface area contributed by atoms with E-state index in [2.05, 4.69) is 32.1 Å². The van der Waals surface area contributed by atoms with E-state index in [1.165, 1.54) is 0 Å². The third-order valence-corrected chi connectivity index (χ3v) is 7.27. The van der Waals surface area contributed by atoms with Gasteiger partial charge in [0.05, 0.1) is 20.1 Å². The highest BCUT2D eigenvalue weighted by Crippen LogP contribution is 2.60. The van der Waals surface area contributed by atoms with Crippen molar-refractivity contribution in [2.24, 2.45) is 28.6 Å². The first-order chi connectivity index (χ1) is 13.4. The van der Waals surface area contributed by atoms with Crippen LogP contribution < -0.4 is 0 Å². The molecular formula is C22H34O7. The molecule has 2 aliphatic carbocycles. The molecule has 2 N–H and O–H groups in total. The van der Waals surface area contributed by atoms with Crippen LogP contribution in [0.2, 0.25) is 0 Å². The molecule has 7 nitrogen and oxygen atoms in total. The van der Waals surface area contributed by atoms with Gasteiger partial charge in [-0.3, -0.25) is 9.59 Å². The standard InChI is InChI=1S/C22H34O7/c1-13-7-8-16-21(2,3)9-6-10-22(16,4)15(13)12-29-18(19(25)26)14(11-17(23)24)20(27)28-5/h14-16,18H,1,6-12H2,2-5H3,(H,23,24)(H,25,26)/t14-,15-,16?,18+,22+/m0/s1. The monoisotopic (exact) mass is 410 g/mol. The average Bonchev–Trinajstić information content (AvgIpc) is 2.60. The van der Waals surface area contributed by atoms with E-state index < -0.39 is 36.4 Å². The number of fused-ring (bicyclic) bond motifs is 1. The van der Waals surface area contributed by atoms with Crippen LogP contribution in [0.4, 0.5) is 0 Å². The minimum Gasteiger partial charge on any atom is -0.481 e. The fraction of sp³-hybridized carbons (Fsp3) is 0.773. The van der Waals surface area contributed by atoms with Crippen molar-refractivity contribution in [2.75, 3.05) is 13.7 Å². The summed E-state index contributed by atoms with van der Waals surface area (Å²) in [7, 11) is 1.11. The quantitative estimate of drug-likeness (QED) is 0.465. The number of ether oxygens (including phenoxy) is 2. The Bertz CT molecular complexity index is 668. The van der Waals surface area contributed by atoms with Crippen molar-refractivity contribution >= 4 is 17.9 Å². The lowest BCUT2D eigenvalue weighted by atomic mass is 9.48. The number of carbonyl (C=O) groups is 3. The molecule has 0 aromatic rings. The number of aliphatic carboxylic acids is 2. The molecule has 2 aliphatic rings. The molecule has 0 amide bonds. The average molecular weight is 411 g/mol. The molecule has 0 bridgehead atoms. The number of esters is 1. The molecule has 1 unspecified atom stereocenters. The van der Waals surface area contributed by atoms with Crippen LogP contribution in [0.3, 0.4) is 0 Å². The van der Waals surface area contributed by atoms with Gasteiger partial charge in [0.15, 0.2) is 6.10 Å². The van der Waals surface area contributed by atoms with Gasteiger partial charge in [0.1, 0.15) is 5.92 Å². The van der Waals surface area contributed by atoms with Gasteiger partial charge in [-0.25, -0.2) is 4.79 Å². The predicted octanol–water partition coefficient (Wildman–Crippen LogP) is 3.52. The smallest absolute Gasteiger partial charge is 0.333 e. The lowest BCUT2D eigenvalue weighted by Gasteiger charge is -2.58. The Morgan fingerprint density at radius 1 is 1.21 bits per heavy atom. The summed E-state index contributed by atoms with van der Waals surface area (Å²) in [6.07, 6.45) is 2.95. The Hall–Kier alpha value is -1.89. The second kappa shape index (κ2) is 8.86. The van der Waals surface area contributed by atoms with E-state index in [1.807, 2.05) is 0 Å². The zero-order valence-electron chi connectivity index (χ0n) is 17.9. The van der Waals surface area contributed by atoms with Crippen LogP contribution >= 0.6 is 0 Å². The van der Waals surface area contributed by atoms with E-state index in [0.29, 0.717) is 5.92 Å². The predicted molar refractivity (Wildman–Crippen MR) is 106 cm³/mol. The molecule has 0 spiro atoms. The highest BCUT2D eigenvalue weighted by molar-refractivity contribution is 5.86. The Kier molecular flexibility index (Phi) is 7.14. The van der Waals surface area contributed by atoms with Gasteiger partial charge in [-0.15, -0.1) is 0 Å². The second-order valence-corrected chi connectivity index (χ2v) is 9.47. The van der Waals surface area contributed by atoms with E-state index in [9.17, 15) is 19.5 Å². The van der Waals surface area contributed by atoms with E-state index >= 15 is 0 Å². The molecule has 5 atom stereocenters. The summed E-state index contributed by atoms with van der Waals surface area (Å²) < 4.78 is 10.4. The third-order valence-electron chi connectivity index (χ3n) is 7.27. The molecule has 29 heavy (non-hydrogen) atoms. The molecule has 2 rings (SSSR count). The number of rotatable bonds is 8. The number of carboxylic acids is 2. The largest absolute Gasteiger partial charge is 0.481 e. The Morgan fingerprint density at radius 3 is 2.41 bits per heavy atom. The van der Waals surface area contributed by atoms with Gasteiger partial charge in [-0.2, -0.15) is 0 Å². The molecule has 2 saturated carbocycles. The maximum absolute atomic E-state index is 12.0. The van der Waals surface area contributed by atoms with Crippen LogP contribution in [0.1, 0.15) is 59.3 Å². The van der Waals surface area contributed by atoms with Gasteiger partial charge < -0.3 is 19.7 Å². The van der Waals surface area contributed by atoms with Crippen LogP contribution in [0.15, 0.2) is 12.2 Å². The van der Waals surface area contributed by atoms with E-state index in [-0.39, 0.29) is 23.4 Å². The van der Waals surface area contributed by atoms with Crippen molar-refractivity contribution in [3.63, 3.8) is 0 Å². The molecule has 0 aromatic heterocycles. The van der Waals surface area contributed by atoms with Crippen LogP contribution in [0.5, 0.6) is 0 Å². The number of hydrogen-bond donors (Lipinski definition) is 2. The molecule has 0 radical (unpaired) electrons. The van der Waals surface area contributed by atoms with Crippen molar-refractivity contribution in [1.82, 2.24) is 0 Å². The van der Waals surface area contributed by atoms with Crippen molar-refractivity contribution in [1.29, 1.82) is 0 Å². The molecule has 0 aliphatic heterocycles. The zero-order valence-corrected chi connectivity index (χ0v) is 17.9. The lowest BCUT2D eigenvalue weighted by molar-refractivity contribution is -0.171. The summed E-state index contributed by atoms with van der Waals surface area (Å²) >= 11 is 0. The molecule has 0 aromatic carbocycles. The number of carboxylic acid groups (broad SMARTS) is 2. The van der Waals surface area contributed by atoms with E-state index in [4.69, 9.17) is 9.84 Å². The Labute approximate surface area is 172 Å². The lowest BCUT2D eigenvalue weighted by Crippen LogP contribution is -2.51. The summed E-state index contributed by atoms with van der Waals surface area (Å²) in [5, 5.41) is 18.7. The Balaban J connectivity index is 2.24. The van der Waals surface area contributed by atoms with Gasteiger partial charge >= 0.3 is 17.9 Å². The maximum Gasteiger partial charge on any atom is 0.333 e. The molecule has 2 fully saturated rings. The summed E-state index contributed by atoms with van der Waals surface area (Å²) in [4.78, 5) is 35.0. The van der Waals surface area contributed by atoms with Crippen LogP contribution in [0, 0.1) is 28.6 Å². The molecule has 0 heterocycles. The summed E-state index contributed by atoms with van der Waals surface area (Å²) in [6.45, 7) is 11.2. The van der Waals surface area contributed by atoms with Gasteiger partial charge in [0, 0.05) is 5.92 Å². The normalized spacial score (nSPS) is 30.7. The van der Waals surface area contributed by atoms with Gasteiger partial charge in [0.25, 0.3) is 0 Å². The molecule has 164 valence electrons. The first kappa shape index (κ1) is 23.4. The van der Waals surface area contributed by atoms with Crippen LogP contribution in [-0.4, -0.2) is 47.9 Å². The van der Waals surface area contributed by atoms with Crippen molar-refractivity contribution in [3.05, 3.63) is 12.2 Å². The van der Waals surface area contributed by atoms with Crippen LogP contribution in [-0.2, 0) is 23.9 Å². The van der Waals surface area contributed by atoms with Crippen molar-refractivity contribution < 1.29 is 34.1 Å². The maximum atomic E-state index is 12.0. The fourth-order valence-corrected chi connectivity index (χ4v) is 5.79. The second-order valence-electron chi connectivity index (χ2n) is 9.47. The third kappa shape index (κ3) is 4.82.